The summed E-state index contributed by atoms with van der Waals surface area (Å²) in [6, 6.07) is 4.53. The normalized spacial score (nSPS) is 10.2. The van der Waals surface area contributed by atoms with Crippen molar-refractivity contribution in [3.63, 3.8) is 0 Å². The zero-order chi connectivity index (χ0) is 12.1. The maximum atomic E-state index is 11.4. The topological polar surface area (TPSA) is 55.8 Å². The van der Waals surface area contributed by atoms with Gasteiger partial charge in [0.2, 0.25) is 0 Å². The number of carbonyl (C=O) groups excluding carboxylic acids is 1. The zero-order valence-electron chi connectivity index (χ0n) is 9.69. The average Bonchev–Trinajstić information content (AvgIpc) is 2.16. The monoisotopic (exact) mass is 224 g/mol. The van der Waals surface area contributed by atoms with Crippen LogP contribution < -0.4 is 4.74 Å². The SMILES string of the molecule is CCOC(=O)c1ccc(OC(C)C)cc1O. The number of phenolic OH excluding ortho intramolecular Hbond substituents is 1. The first kappa shape index (κ1) is 12.4. The largest absolute Gasteiger partial charge is 0.507 e. The second-order valence-corrected chi connectivity index (χ2v) is 3.57. The van der Waals surface area contributed by atoms with Crippen molar-refractivity contribution >= 4 is 5.97 Å². The number of carbonyl (C=O) groups is 1. The van der Waals surface area contributed by atoms with E-state index >= 15 is 0 Å². The number of hydrogen-bond acceptors (Lipinski definition) is 4. The Morgan fingerprint density at radius 2 is 2.12 bits per heavy atom. The van der Waals surface area contributed by atoms with E-state index in [1.165, 1.54) is 12.1 Å². The van der Waals surface area contributed by atoms with Crippen LogP contribution in [0.15, 0.2) is 18.2 Å². The van der Waals surface area contributed by atoms with Gasteiger partial charge in [-0.2, -0.15) is 0 Å². The molecule has 0 spiro atoms. The van der Waals surface area contributed by atoms with Gasteiger partial charge in [-0.25, -0.2) is 4.79 Å². The first-order chi connectivity index (χ1) is 7.54. The number of ether oxygens (including phenoxy) is 2. The zero-order valence-corrected chi connectivity index (χ0v) is 9.69. The van der Waals surface area contributed by atoms with Gasteiger partial charge in [0.15, 0.2) is 0 Å². The van der Waals surface area contributed by atoms with Crippen molar-refractivity contribution < 1.29 is 19.4 Å². The van der Waals surface area contributed by atoms with Crippen LogP contribution in [0.5, 0.6) is 11.5 Å². The Morgan fingerprint density at radius 1 is 1.44 bits per heavy atom. The minimum Gasteiger partial charge on any atom is -0.507 e. The van der Waals surface area contributed by atoms with Crippen LogP contribution in [0.25, 0.3) is 0 Å². The van der Waals surface area contributed by atoms with Gasteiger partial charge >= 0.3 is 5.97 Å². The molecule has 1 aromatic carbocycles. The predicted octanol–water partition coefficient (Wildman–Crippen LogP) is 2.36. The molecule has 16 heavy (non-hydrogen) atoms. The van der Waals surface area contributed by atoms with Crippen molar-refractivity contribution in [2.24, 2.45) is 0 Å². The van der Waals surface area contributed by atoms with Crippen LogP contribution in [0.1, 0.15) is 31.1 Å². The summed E-state index contributed by atoms with van der Waals surface area (Å²) in [5.74, 6) is -0.131. The number of aromatic hydroxyl groups is 1. The van der Waals surface area contributed by atoms with E-state index in [9.17, 15) is 9.90 Å². The third-order valence-corrected chi connectivity index (χ3v) is 1.84. The van der Waals surface area contributed by atoms with Gasteiger partial charge in [0, 0.05) is 6.07 Å². The van der Waals surface area contributed by atoms with E-state index in [1.807, 2.05) is 13.8 Å². The van der Waals surface area contributed by atoms with Gasteiger partial charge in [-0.1, -0.05) is 0 Å². The van der Waals surface area contributed by atoms with Crippen LogP contribution in [0.4, 0.5) is 0 Å². The van der Waals surface area contributed by atoms with Crippen LogP contribution in [0.3, 0.4) is 0 Å². The van der Waals surface area contributed by atoms with Crippen LogP contribution in [0, 0.1) is 0 Å². The molecule has 0 radical (unpaired) electrons. The Bertz CT molecular complexity index is 371. The van der Waals surface area contributed by atoms with E-state index in [0.717, 1.165) is 0 Å². The van der Waals surface area contributed by atoms with Gasteiger partial charge in [-0.05, 0) is 32.9 Å². The van der Waals surface area contributed by atoms with Gasteiger partial charge in [0.25, 0.3) is 0 Å². The van der Waals surface area contributed by atoms with E-state index in [2.05, 4.69) is 0 Å². The molecule has 0 saturated carbocycles. The molecule has 0 saturated heterocycles. The van der Waals surface area contributed by atoms with Crippen LogP contribution >= 0.6 is 0 Å². The highest BCUT2D eigenvalue weighted by Gasteiger charge is 2.13. The predicted molar refractivity (Wildman–Crippen MR) is 59.8 cm³/mol. The summed E-state index contributed by atoms with van der Waals surface area (Å²) < 4.78 is 10.2. The molecule has 1 aromatic rings. The molecule has 0 atom stereocenters. The second-order valence-electron chi connectivity index (χ2n) is 3.57. The van der Waals surface area contributed by atoms with E-state index in [-0.39, 0.29) is 24.0 Å². The summed E-state index contributed by atoms with van der Waals surface area (Å²) in [6.07, 6.45) is 0.0212. The Morgan fingerprint density at radius 3 is 2.62 bits per heavy atom. The highest BCUT2D eigenvalue weighted by atomic mass is 16.5. The smallest absolute Gasteiger partial charge is 0.341 e. The number of rotatable bonds is 4. The van der Waals surface area contributed by atoms with Crippen molar-refractivity contribution in [3.05, 3.63) is 23.8 Å². The Balaban J connectivity index is 2.87. The van der Waals surface area contributed by atoms with Crippen molar-refractivity contribution in [1.29, 1.82) is 0 Å². The number of esters is 1. The van der Waals surface area contributed by atoms with Crippen molar-refractivity contribution in [2.75, 3.05) is 6.61 Å². The Labute approximate surface area is 94.8 Å². The molecule has 0 aliphatic carbocycles. The van der Waals surface area contributed by atoms with Gasteiger partial charge in [0.1, 0.15) is 17.1 Å². The summed E-state index contributed by atoms with van der Waals surface area (Å²) in [4.78, 5) is 11.4. The number of benzene rings is 1. The lowest BCUT2D eigenvalue weighted by Crippen LogP contribution is -2.07. The fraction of sp³-hybridized carbons (Fsp3) is 0.417. The fourth-order valence-corrected chi connectivity index (χ4v) is 1.24. The average molecular weight is 224 g/mol. The lowest BCUT2D eigenvalue weighted by atomic mass is 10.2. The van der Waals surface area contributed by atoms with E-state index in [0.29, 0.717) is 5.75 Å². The molecule has 0 aliphatic heterocycles. The molecule has 88 valence electrons. The second kappa shape index (κ2) is 5.39. The van der Waals surface area contributed by atoms with E-state index < -0.39 is 5.97 Å². The molecule has 0 amide bonds. The fourth-order valence-electron chi connectivity index (χ4n) is 1.24. The molecule has 0 unspecified atom stereocenters. The minimum atomic E-state index is -0.531. The van der Waals surface area contributed by atoms with Crippen LogP contribution in [-0.2, 0) is 4.74 Å². The lowest BCUT2D eigenvalue weighted by molar-refractivity contribution is 0.0523. The molecule has 0 aliphatic rings. The van der Waals surface area contributed by atoms with Crippen LogP contribution in [-0.4, -0.2) is 23.8 Å². The molecule has 4 nitrogen and oxygen atoms in total. The first-order valence-corrected chi connectivity index (χ1v) is 5.21. The van der Waals surface area contributed by atoms with Crippen molar-refractivity contribution in [2.45, 2.75) is 26.9 Å². The maximum absolute atomic E-state index is 11.4. The summed E-state index contributed by atoms with van der Waals surface area (Å²) >= 11 is 0. The third kappa shape index (κ3) is 3.15. The van der Waals surface area contributed by atoms with Gasteiger partial charge in [-0.3, -0.25) is 0 Å². The quantitative estimate of drug-likeness (QED) is 0.797. The molecule has 0 fully saturated rings. The van der Waals surface area contributed by atoms with E-state index in [4.69, 9.17) is 9.47 Å². The summed E-state index contributed by atoms with van der Waals surface area (Å²) in [5.41, 5.74) is 0.151. The minimum absolute atomic E-state index is 0.0212. The molecule has 0 aromatic heterocycles. The number of phenols is 1. The van der Waals surface area contributed by atoms with Gasteiger partial charge in [-0.15, -0.1) is 0 Å². The summed E-state index contributed by atoms with van der Waals surface area (Å²) in [7, 11) is 0. The Kier molecular flexibility index (Phi) is 4.17. The molecule has 1 rings (SSSR count). The molecule has 4 heteroatoms. The first-order valence-electron chi connectivity index (χ1n) is 5.21. The molecular weight excluding hydrogens is 208 g/mol. The Hall–Kier alpha value is -1.71. The molecule has 1 N–H and O–H groups in total. The molecule has 0 bridgehead atoms. The molecular formula is C12H16O4. The maximum Gasteiger partial charge on any atom is 0.341 e. The lowest BCUT2D eigenvalue weighted by Gasteiger charge is -2.11. The summed E-state index contributed by atoms with van der Waals surface area (Å²) in [6.45, 7) is 5.76. The highest BCUT2D eigenvalue weighted by Crippen LogP contribution is 2.24. The van der Waals surface area contributed by atoms with Crippen molar-refractivity contribution in [1.82, 2.24) is 0 Å². The standard InChI is InChI=1S/C12H16O4/c1-4-15-12(14)10-6-5-9(7-11(10)13)16-8(2)3/h5-8,13H,4H2,1-3H3. The third-order valence-electron chi connectivity index (χ3n) is 1.84. The van der Waals surface area contributed by atoms with Gasteiger partial charge < -0.3 is 14.6 Å². The van der Waals surface area contributed by atoms with Gasteiger partial charge in [0.05, 0.1) is 12.7 Å². The number of hydrogen-bond donors (Lipinski definition) is 1. The van der Waals surface area contributed by atoms with E-state index in [1.54, 1.807) is 13.0 Å². The highest BCUT2D eigenvalue weighted by molar-refractivity contribution is 5.92. The van der Waals surface area contributed by atoms with Crippen LogP contribution in [0.2, 0.25) is 0 Å². The summed E-state index contributed by atoms with van der Waals surface area (Å²) in [5, 5.41) is 9.62. The molecule has 0 heterocycles. The van der Waals surface area contributed by atoms with Crippen molar-refractivity contribution in [3.8, 4) is 11.5 Å².